The largest absolute Gasteiger partial charge is 0.478 e. The number of unbranched alkanes of at least 4 members (excludes halogenated alkanes) is 1. The van der Waals surface area contributed by atoms with Crippen LogP contribution in [-0.2, 0) is 13.1 Å². The van der Waals surface area contributed by atoms with E-state index >= 15 is 0 Å². The molecule has 0 aliphatic heterocycles. The summed E-state index contributed by atoms with van der Waals surface area (Å²) in [5.74, 6) is -0.251. The number of aromatic carboxylic acids is 1. The van der Waals surface area contributed by atoms with Crippen molar-refractivity contribution in [2.45, 2.75) is 32.9 Å². The van der Waals surface area contributed by atoms with Crippen molar-refractivity contribution in [2.75, 3.05) is 6.61 Å². The highest BCUT2D eigenvalue weighted by Crippen LogP contribution is 2.15. The summed E-state index contributed by atoms with van der Waals surface area (Å²) in [6.45, 7) is 3.99. The fourth-order valence-corrected chi connectivity index (χ4v) is 2.16. The molecule has 0 atom stereocenters. The minimum Gasteiger partial charge on any atom is -0.478 e. The van der Waals surface area contributed by atoms with Crippen molar-refractivity contribution in [1.82, 2.24) is 10.3 Å². The molecular weight excluding hydrogens is 292 g/mol. The Morgan fingerprint density at radius 3 is 2.91 bits per heavy atom. The predicted molar refractivity (Wildman–Crippen MR) is 88.6 cm³/mol. The summed E-state index contributed by atoms with van der Waals surface area (Å²) < 4.78 is 5.70. The monoisotopic (exact) mass is 314 g/mol. The summed E-state index contributed by atoms with van der Waals surface area (Å²) >= 11 is 0. The molecule has 0 saturated carbocycles. The SMILES string of the molecule is CCCCOc1ncccc1CNCc1cccc(C(=O)O)c1. The number of rotatable bonds is 9. The Balaban J connectivity index is 1.91. The van der Waals surface area contributed by atoms with Gasteiger partial charge in [0.25, 0.3) is 0 Å². The molecule has 0 radical (unpaired) electrons. The standard InChI is InChI=1S/C18H22N2O3/c1-2-3-10-23-17-16(8-5-9-20-17)13-19-12-14-6-4-7-15(11-14)18(21)22/h4-9,11,19H,2-3,10,12-13H2,1H3,(H,21,22). The van der Waals surface area contributed by atoms with E-state index in [2.05, 4.69) is 17.2 Å². The molecule has 1 heterocycles. The van der Waals surface area contributed by atoms with E-state index in [4.69, 9.17) is 9.84 Å². The van der Waals surface area contributed by atoms with E-state index in [1.165, 1.54) is 0 Å². The molecule has 0 spiro atoms. The molecule has 2 N–H and O–H groups in total. The van der Waals surface area contributed by atoms with Crippen LogP contribution >= 0.6 is 0 Å². The van der Waals surface area contributed by atoms with Gasteiger partial charge in [-0.2, -0.15) is 0 Å². The molecule has 0 fully saturated rings. The second-order valence-electron chi connectivity index (χ2n) is 5.28. The topological polar surface area (TPSA) is 71.5 Å². The fourth-order valence-electron chi connectivity index (χ4n) is 2.16. The third kappa shape index (κ3) is 5.38. The Kier molecular flexibility index (Phi) is 6.56. The molecule has 2 rings (SSSR count). The van der Waals surface area contributed by atoms with E-state index in [-0.39, 0.29) is 0 Å². The second kappa shape index (κ2) is 8.90. The van der Waals surface area contributed by atoms with Crippen LogP contribution in [0, 0.1) is 0 Å². The average molecular weight is 314 g/mol. The van der Waals surface area contributed by atoms with E-state index < -0.39 is 5.97 Å². The Morgan fingerprint density at radius 1 is 1.26 bits per heavy atom. The van der Waals surface area contributed by atoms with Gasteiger partial charge in [0.05, 0.1) is 12.2 Å². The smallest absolute Gasteiger partial charge is 0.335 e. The Labute approximate surface area is 136 Å². The number of benzene rings is 1. The highest BCUT2D eigenvalue weighted by molar-refractivity contribution is 5.87. The summed E-state index contributed by atoms with van der Waals surface area (Å²) in [5, 5.41) is 12.3. The van der Waals surface area contributed by atoms with Crippen LogP contribution < -0.4 is 10.1 Å². The Hall–Kier alpha value is -2.40. The number of carboxylic acid groups (broad SMARTS) is 1. The van der Waals surface area contributed by atoms with Crippen LogP contribution in [0.25, 0.3) is 0 Å². The van der Waals surface area contributed by atoms with Crippen LogP contribution in [0.5, 0.6) is 5.88 Å². The van der Waals surface area contributed by atoms with Crippen LogP contribution in [0.15, 0.2) is 42.6 Å². The first-order valence-corrected chi connectivity index (χ1v) is 7.80. The number of nitrogens with zero attached hydrogens (tertiary/aromatic N) is 1. The van der Waals surface area contributed by atoms with Crippen molar-refractivity contribution in [1.29, 1.82) is 0 Å². The van der Waals surface area contributed by atoms with Gasteiger partial charge in [-0.1, -0.05) is 31.5 Å². The van der Waals surface area contributed by atoms with Gasteiger partial charge in [-0.3, -0.25) is 0 Å². The summed E-state index contributed by atoms with van der Waals surface area (Å²) in [6, 6.07) is 10.8. The quantitative estimate of drug-likeness (QED) is 0.695. The zero-order chi connectivity index (χ0) is 16.5. The molecule has 122 valence electrons. The molecule has 0 amide bonds. The number of nitrogens with one attached hydrogen (secondary N) is 1. The number of aromatic nitrogens is 1. The van der Waals surface area contributed by atoms with Gasteiger partial charge in [-0.05, 0) is 30.2 Å². The van der Waals surface area contributed by atoms with Crippen molar-refractivity contribution in [3.05, 3.63) is 59.3 Å². The molecule has 0 aliphatic carbocycles. The molecule has 1 aromatic carbocycles. The van der Waals surface area contributed by atoms with E-state index in [0.29, 0.717) is 31.1 Å². The summed E-state index contributed by atoms with van der Waals surface area (Å²) in [7, 11) is 0. The van der Waals surface area contributed by atoms with E-state index in [1.807, 2.05) is 18.2 Å². The van der Waals surface area contributed by atoms with E-state index in [0.717, 1.165) is 24.0 Å². The van der Waals surface area contributed by atoms with Gasteiger partial charge in [0, 0.05) is 24.8 Å². The zero-order valence-electron chi connectivity index (χ0n) is 13.3. The lowest BCUT2D eigenvalue weighted by atomic mass is 10.1. The van der Waals surface area contributed by atoms with Gasteiger partial charge in [0.2, 0.25) is 5.88 Å². The van der Waals surface area contributed by atoms with Gasteiger partial charge in [0.15, 0.2) is 0 Å². The Bertz CT molecular complexity index is 644. The zero-order valence-corrected chi connectivity index (χ0v) is 13.3. The molecular formula is C18H22N2O3. The molecule has 5 heteroatoms. The molecule has 0 aliphatic rings. The number of hydrogen-bond donors (Lipinski definition) is 2. The lowest BCUT2D eigenvalue weighted by Crippen LogP contribution is -2.14. The molecule has 0 bridgehead atoms. The van der Waals surface area contributed by atoms with Crippen molar-refractivity contribution >= 4 is 5.97 Å². The van der Waals surface area contributed by atoms with Crippen LogP contribution in [0.3, 0.4) is 0 Å². The first kappa shape index (κ1) is 17.0. The highest BCUT2D eigenvalue weighted by atomic mass is 16.5. The lowest BCUT2D eigenvalue weighted by molar-refractivity contribution is 0.0696. The molecule has 2 aromatic rings. The molecule has 5 nitrogen and oxygen atoms in total. The van der Waals surface area contributed by atoms with Crippen molar-refractivity contribution in [3.8, 4) is 5.88 Å². The number of ether oxygens (including phenoxy) is 1. The highest BCUT2D eigenvalue weighted by Gasteiger charge is 2.06. The minimum absolute atomic E-state index is 0.300. The maximum atomic E-state index is 11.0. The van der Waals surface area contributed by atoms with Crippen LogP contribution in [0.4, 0.5) is 0 Å². The van der Waals surface area contributed by atoms with Gasteiger partial charge < -0.3 is 15.2 Å². The van der Waals surface area contributed by atoms with Crippen molar-refractivity contribution in [2.24, 2.45) is 0 Å². The predicted octanol–water partition coefficient (Wildman–Crippen LogP) is 3.25. The first-order valence-electron chi connectivity index (χ1n) is 7.80. The van der Waals surface area contributed by atoms with Crippen molar-refractivity contribution < 1.29 is 14.6 Å². The molecule has 1 aromatic heterocycles. The van der Waals surface area contributed by atoms with Gasteiger partial charge >= 0.3 is 5.97 Å². The van der Waals surface area contributed by atoms with Gasteiger partial charge in [-0.25, -0.2) is 9.78 Å². The fraction of sp³-hybridized carbons (Fsp3) is 0.333. The number of carboxylic acids is 1. The van der Waals surface area contributed by atoms with E-state index in [9.17, 15) is 4.79 Å². The molecule has 0 unspecified atom stereocenters. The summed E-state index contributed by atoms with van der Waals surface area (Å²) in [5.41, 5.74) is 2.23. The third-order valence-corrected chi connectivity index (χ3v) is 3.41. The number of hydrogen-bond acceptors (Lipinski definition) is 4. The van der Waals surface area contributed by atoms with Gasteiger partial charge in [-0.15, -0.1) is 0 Å². The molecule has 23 heavy (non-hydrogen) atoms. The summed E-state index contributed by atoms with van der Waals surface area (Å²) in [6.07, 6.45) is 3.81. The number of pyridine rings is 1. The van der Waals surface area contributed by atoms with Crippen LogP contribution in [0.2, 0.25) is 0 Å². The van der Waals surface area contributed by atoms with Crippen LogP contribution in [-0.4, -0.2) is 22.7 Å². The Morgan fingerprint density at radius 2 is 2.13 bits per heavy atom. The second-order valence-corrected chi connectivity index (χ2v) is 5.28. The summed E-state index contributed by atoms with van der Waals surface area (Å²) in [4.78, 5) is 15.2. The number of carbonyl (C=O) groups is 1. The minimum atomic E-state index is -0.911. The van der Waals surface area contributed by atoms with Gasteiger partial charge in [0.1, 0.15) is 0 Å². The van der Waals surface area contributed by atoms with Crippen molar-refractivity contribution in [3.63, 3.8) is 0 Å². The molecule has 0 saturated heterocycles. The average Bonchev–Trinajstić information content (AvgIpc) is 2.57. The normalized spacial score (nSPS) is 10.5. The van der Waals surface area contributed by atoms with E-state index in [1.54, 1.807) is 24.4 Å². The maximum absolute atomic E-state index is 11.0. The lowest BCUT2D eigenvalue weighted by Gasteiger charge is -2.11. The first-order chi connectivity index (χ1) is 11.2. The third-order valence-electron chi connectivity index (χ3n) is 3.41. The van der Waals surface area contributed by atoms with Crippen LogP contribution in [0.1, 0.15) is 41.3 Å². The maximum Gasteiger partial charge on any atom is 0.335 e.